The van der Waals surface area contributed by atoms with Crippen molar-refractivity contribution in [3.8, 4) is 0 Å². The summed E-state index contributed by atoms with van der Waals surface area (Å²) in [4.78, 5) is 10.9. The Morgan fingerprint density at radius 1 is 1.21 bits per heavy atom. The normalized spacial score (nSPS) is 10.0. The average molecular weight is 192 g/mol. The molecule has 0 unspecified atom stereocenters. The van der Waals surface area contributed by atoms with Gasteiger partial charge in [-0.05, 0) is 26.0 Å². The van der Waals surface area contributed by atoms with E-state index in [0.29, 0.717) is 6.04 Å². The second-order valence-corrected chi connectivity index (χ2v) is 3.53. The van der Waals surface area contributed by atoms with E-state index in [9.17, 15) is 4.79 Å². The number of hydrogen-bond acceptors (Lipinski definition) is 2. The van der Waals surface area contributed by atoms with Crippen molar-refractivity contribution in [2.45, 2.75) is 26.8 Å². The minimum absolute atomic E-state index is 0.0528. The Bertz CT molecular complexity index is 321. The van der Waals surface area contributed by atoms with E-state index in [1.807, 2.05) is 24.3 Å². The lowest BCUT2D eigenvalue weighted by Gasteiger charge is -2.14. The van der Waals surface area contributed by atoms with Gasteiger partial charge >= 0.3 is 0 Å². The van der Waals surface area contributed by atoms with Gasteiger partial charge in [-0.3, -0.25) is 4.79 Å². The molecular formula is C11H16N2O. The van der Waals surface area contributed by atoms with Gasteiger partial charge in [-0.1, -0.05) is 12.1 Å². The van der Waals surface area contributed by atoms with E-state index in [-0.39, 0.29) is 5.91 Å². The molecule has 3 nitrogen and oxygen atoms in total. The maximum absolute atomic E-state index is 10.9. The molecule has 0 saturated heterocycles. The third-order valence-electron chi connectivity index (χ3n) is 1.68. The van der Waals surface area contributed by atoms with Crippen molar-refractivity contribution >= 4 is 17.3 Å². The van der Waals surface area contributed by atoms with Crippen LogP contribution in [0.3, 0.4) is 0 Å². The summed E-state index contributed by atoms with van der Waals surface area (Å²) >= 11 is 0. The van der Waals surface area contributed by atoms with Crippen molar-refractivity contribution < 1.29 is 4.79 Å². The van der Waals surface area contributed by atoms with Gasteiger partial charge in [-0.2, -0.15) is 0 Å². The van der Waals surface area contributed by atoms with Crippen LogP contribution in [0.1, 0.15) is 20.8 Å². The zero-order chi connectivity index (χ0) is 10.6. The first-order chi connectivity index (χ1) is 6.59. The largest absolute Gasteiger partial charge is 0.381 e. The monoisotopic (exact) mass is 192 g/mol. The number of nitrogens with one attached hydrogen (secondary N) is 2. The molecule has 0 atom stereocenters. The molecule has 0 heterocycles. The lowest BCUT2D eigenvalue weighted by Crippen LogP contribution is -2.13. The number of benzene rings is 1. The van der Waals surface area contributed by atoms with Crippen LogP contribution in [0.5, 0.6) is 0 Å². The van der Waals surface area contributed by atoms with Gasteiger partial charge in [-0.25, -0.2) is 0 Å². The summed E-state index contributed by atoms with van der Waals surface area (Å²) in [5.41, 5.74) is 1.78. The van der Waals surface area contributed by atoms with Crippen LogP contribution in [-0.4, -0.2) is 11.9 Å². The van der Waals surface area contributed by atoms with Gasteiger partial charge in [0.2, 0.25) is 5.91 Å². The summed E-state index contributed by atoms with van der Waals surface area (Å²) in [7, 11) is 0. The molecule has 3 heteroatoms. The van der Waals surface area contributed by atoms with E-state index in [0.717, 1.165) is 11.4 Å². The standard InChI is InChI=1S/C11H16N2O/c1-8(2)12-10-6-4-5-7-11(10)13-9(3)14/h4-8,12H,1-3H3,(H,13,14). The van der Waals surface area contributed by atoms with Crippen LogP contribution in [0.4, 0.5) is 11.4 Å². The fourth-order valence-electron chi connectivity index (χ4n) is 1.22. The molecule has 0 fully saturated rings. The number of hydrogen-bond donors (Lipinski definition) is 2. The van der Waals surface area contributed by atoms with Gasteiger partial charge in [0.15, 0.2) is 0 Å². The van der Waals surface area contributed by atoms with E-state index >= 15 is 0 Å². The first-order valence-corrected chi connectivity index (χ1v) is 4.72. The van der Waals surface area contributed by atoms with Crippen LogP contribution in [-0.2, 0) is 4.79 Å². The van der Waals surface area contributed by atoms with Gasteiger partial charge in [0.05, 0.1) is 11.4 Å². The van der Waals surface area contributed by atoms with Gasteiger partial charge in [0, 0.05) is 13.0 Å². The molecule has 2 N–H and O–H groups in total. The number of carbonyl (C=O) groups excluding carboxylic acids is 1. The predicted molar refractivity (Wildman–Crippen MR) is 59.5 cm³/mol. The van der Waals surface area contributed by atoms with Gasteiger partial charge in [0.25, 0.3) is 0 Å². The zero-order valence-corrected chi connectivity index (χ0v) is 8.79. The molecule has 0 saturated carbocycles. The highest BCUT2D eigenvalue weighted by molar-refractivity contribution is 5.92. The van der Waals surface area contributed by atoms with Gasteiger partial charge in [-0.15, -0.1) is 0 Å². The van der Waals surface area contributed by atoms with E-state index in [4.69, 9.17) is 0 Å². The summed E-state index contributed by atoms with van der Waals surface area (Å²) in [6.07, 6.45) is 0. The van der Waals surface area contributed by atoms with Crippen LogP contribution < -0.4 is 10.6 Å². The molecule has 0 aliphatic carbocycles. The molecule has 14 heavy (non-hydrogen) atoms. The summed E-state index contributed by atoms with van der Waals surface area (Å²) < 4.78 is 0. The highest BCUT2D eigenvalue weighted by atomic mass is 16.1. The minimum Gasteiger partial charge on any atom is -0.381 e. The van der Waals surface area contributed by atoms with Crippen molar-refractivity contribution in [3.63, 3.8) is 0 Å². The molecule has 0 aromatic heterocycles. The molecule has 0 aliphatic heterocycles. The van der Waals surface area contributed by atoms with E-state index in [1.54, 1.807) is 0 Å². The van der Waals surface area contributed by atoms with Crippen molar-refractivity contribution in [1.29, 1.82) is 0 Å². The van der Waals surface area contributed by atoms with E-state index in [1.165, 1.54) is 6.92 Å². The fourth-order valence-corrected chi connectivity index (χ4v) is 1.22. The molecule has 1 aromatic carbocycles. The maximum Gasteiger partial charge on any atom is 0.221 e. The quantitative estimate of drug-likeness (QED) is 0.772. The Morgan fingerprint density at radius 2 is 1.79 bits per heavy atom. The van der Waals surface area contributed by atoms with Crippen LogP contribution in [0.2, 0.25) is 0 Å². The van der Waals surface area contributed by atoms with Crippen LogP contribution >= 0.6 is 0 Å². The van der Waals surface area contributed by atoms with Crippen LogP contribution in [0, 0.1) is 0 Å². The molecule has 0 spiro atoms. The second-order valence-electron chi connectivity index (χ2n) is 3.53. The van der Waals surface area contributed by atoms with E-state index < -0.39 is 0 Å². The third-order valence-corrected chi connectivity index (χ3v) is 1.68. The summed E-state index contributed by atoms with van der Waals surface area (Å²) in [5.74, 6) is -0.0528. The number of anilines is 2. The Labute approximate surface area is 84.5 Å². The summed E-state index contributed by atoms with van der Waals surface area (Å²) in [5, 5.41) is 6.04. The smallest absolute Gasteiger partial charge is 0.221 e. The average Bonchev–Trinajstić information content (AvgIpc) is 2.06. The molecule has 0 bridgehead atoms. The number of rotatable bonds is 3. The number of amides is 1. The topological polar surface area (TPSA) is 41.1 Å². The first kappa shape index (κ1) is 10.6. The fraction of sp³-hybridized carbons (Fsp3) is 0.364. The minimum atomic E-state index is -0.0528. The molecule has 0 radical (unpaired) electrons. The van der Waals surface area contributed by atoms with Gasteiger partial charge < -0.3 is 10.6 Å². The molecule has 1 amide bonds. The molecule has 76 valence electrons. The number of para-hydroxylation sites is 2. The van der Waals surface area contributed by atoms with E-state index in [2.05, 4.69) is 24.5 Å². The predicted octanol–water partition coefficient (Wildman–Crippen LogP) is 2.47. The SMILES string of the molecule is CC(=O)Nc1ccccc1NC(C)C. The molecule has 1 rings (SSSR count). The van der Waals surface area contributed by atoms with Crippen molar-refractivity contribution in [2.24, 2.45) is 0 Å². The highest BCUT2D eigenvalue weighted by Gasteiger charge is 2.03. The van der Waals surface area contributed by atoms with Crippen LogP contribution in [0.25, 0.3) is 0 Å². The first-order valence-electron chi connectivity index (χ1n) is 4.72. The Hall–Kier alpha value is -1.51. The van der Waals surface area contributed by atoms with Gasteiger partial charge in [0.1, 0.15) is 0 Å². The number of carbonyl (C=O) groups is 1. The summed E-state index contributed by atoms with van der Waals surface area (Å²) in [6, 6.07) is 8.02. The highest BCUT2D eigenvalue weighted by Crippen LogP contribution is 2.21. The Kier molecular flexibility index (Phi) is 3.51. The Balaban J connectivity index is 2.85. The Morgan fingerprint density at radius 3 is 2.29 bits per heavy atom. The summed E-state index contributed by atoms with van der Waals surface area (Å²) in [6.45, 7) is 5.63. The van der Waals surface area contributed by atoms with Crippen molar-refractivity contribution in [2.75, 3.05) is 10.6 Å². The molecule has 1 aromatic rings. The second kappa shape index (κ2) is 4.65. The van der Waals surface area contributed by atoms with Crippen molar-refractivity contribution in [3.05, 3.63) is 24.3 Å². The molecule has 0 aliphatic rings. The lowest BCUT2D eigenvalue weighted by molar-refractivity contribution is -0.114. The maximum atomic E-state index is 10.9. The third kappa shape index (κ3) is 3.09. The zero-order valence-electron chi connectivity index (χ0n) is 8.79. The van der Waals surface area contributed by atoms with Crippen LogP contribution in [0.15, 0.2) is 24.3 Å². The lowest BCUT2D eigenvalue weighted by atomic mass is 10.2. The van der Waals surface area contributed by atoms with Crippen molar-refractivity contribution in [1.82, 2.24) is 0 Å². The molecular weight excluding hydrogens is 176 g/mol.